The molecule has 0 aromatic heterocycles. The molecule has 0 bridgehead atoms. The highest BCUT2D eigenvalue weighted by Gasteiger charge is 2.73. The van der Waals surface area contributed by atoms with Crippen molar-refractivity contribution >= 4 is 0 Å². The maximum absolute atomic E-state index is 12.7. The molecule has 1 nitrogen and oxygen atoms in total. The Bertz CT molecular complexity index is 129. The van der Waals surface area contributed by atoms with E-state index in [1.54, 1.807) is 13.8 Å². The Morgan fingerprint density at radius 1 is 1.40 bits per heavy atom. The van der Waals surface area contributed by atoms with Crippen molar-refractivity contribution in [3.05, 3.63) is 0 Å². The molecule has 0 heterocycles. The van der Waals surface area contributed by atoms with Crippen LogP contribution in [0.3, 0.4) is 0 Å². The normalized spacial score (nSPS) is 33.9. The van der Waals surface area contributed by atoms with Gasteiger partial charge in [0.1, 0.15) is 0 Å². The second-order valence-corrected chi connectivity index (χ2v) is 3.47. The summed E-state index contributed by atoms with van der Waals surface area (Å²) < 4.78 is 25.4. The molecule has 1 rings (SSSR count). The number of alkyl halides is 2. The summed E-state index contributed by atoms with van der Waals surface area (Å²) in [6, 6.07) is 0. The maximum Gasteiger partial charge on any atom is 0.257 e. The van der Waals surface area contributed by atoms with Crippen molar-refractivity contribution in [2.24, 2.45) is 17.1 Å². The fourth-order valence-electron chi connectivity index (χ4n) is 1.47. The second kappa shape index (κ2) is 1.91. The fourth-order valence-corrected chi connectivity index (χ4v) is 1.47. The lowest BCUT2D eigenvalue weighted by Crippen LogP contribution is -2.03. The first-order valence-electron chi connectivity index (χ1n) is 3.52. The van der Waals surface area contributed by atoms with Gasteiger partial charge in [-0.3, -0.25) is 0 Å². The second-order valence-electron chi connectivity index (χ2n) is 3.47. The summed E-state index contributed by atoms with van der Waals surface area (Å²) in [5.74, 6) is -2.95. The molecule has 1 atom stereocenters. The smallest absolute Gasteiger partial charge is 0.257 e. The Kier molecular flexibility index (Phi) is 1.51. The van der Waals surface area contributed by atoms with Crippen LogP contribution in [0.1, 0.15) is 20.3 Å². The van der Waals surface area contributed by atoms with Gasteiger partial charge in [0.25, 0.3) is 5.92 Å². The Hall–Kier alpha value is -0.180. The van der Waals surface area contributed by atoms with Crippen molar-refractivity contribution in [2.45, 2.75) is 26.2 Å². The molecular formula is C7H13F2N. The summed E-state index contributed by atoms with van der Waals surface area (Å²) in [6.45, 7) is 3.55. The van der Waals surface area contributed by atoms with Crippen LogP contribution in [0.25, 0.3) is 0 Å². The highest BCUT2D eigenvalue weighted by Crippen LogP contribution is 2.66. The van der Waals surface area contributed by atoms with E-state index in [-0.39, 0.29) is 0 Å². The van der Waals surface area contributed by atoms with Gasteiger partial charge < -0.3 is 5.73 Å². The first-order valence-corrected chi connectivity index (χ1v) is 3.52. The van der Waals surface area contributed by atoms with Crippen molar-refractivity contribution in [3.63, 3.8) is 0 Å². The summed E-state index contributed by atoms with van der Waals surface area (Å²) in [6.07, 6.45) is 0.444. The topological polar surface area (TPSA) is 26.0 Å². The van der Waals surface area contributed by atoms with Crippen molar-refractivity contribution in [3.8, 4) is 0 Å². The molecular weight excluding hydrogens is 136 g/mol. The van der Waals surface area contributed by atoms with Gasteiger partial charge in [0.05, 0.1) is 0 Å². The summed E-state index contributed by atoms with van der Waals surface area (Å²) >= 11 is 0. The molecule has 0 radical (unpaired) electrons. The molecule has 3 heteroatoms. The molecule has 0 aliphatic heterocycles. The average molecular weight is 149 g/mol. The van der Waals surface area contributed by atoms with Gasteiger partial charge in [-0.05, 0) is 13.0 Å². The van der Waals surface area contributed by atoms with Crippen LogP contribution < -0.4 is 5.73 Å². The van der Waals surface area contributed by atoms with Crippen LogP contribution in [0.15, 0.2) is 0 Å². The molecule has 1 saturated carbocycles. The van der Waals surface area contributed by atoms with E-state index in [2.05, 4.69) is 0 Å². The fraction of sp³-hybridized carbons (Fsp3) is 1.00. The highest BCUT2D eigenvalue weighted by atomic mass is 19.3. The van der Waals surface area contributed by atoms with E-state index in [1.807, 2.05) is 0 Å². The SMILES string of the molecule is CC1(C)C(CCN)C1(F)F. The summed E-state index contributed by atoms with van der Waals surface area (Å²) in [5, 5.41) is 0. The minimum atomic E-state index is -2.47. The Balaban J connectivity index is 2.54. The number of rotatable bonds is 2. The zero-order chi connectivity index (χ0) is 7.99. The predicted molar refractivity (Wildman–Crippen MR) is 35.9 cm³/mol. The van der Waals surface area contributed by atoms with Gasteiger partial charge in [0.2, 0.25) is 0 Å². The van der Waals surface area contributed by atoms with E-state index in [9.17, 15) is 8.78 Å². The number of halogens is 2. The van der Waals surface area contributed by atoms with Crippen LogP contribution in [0, 0.1) is 11.3 Å². The molecule has 10 heavy (non-hydrogen) atoms. The van der Waals surface area contributed by atoms with Crippen molar-refractivity contribution in [1.82, 2.24) is 0 Å². The molecule has 0 saturated heterocycles. The largest absolute Gasteiger partial charge is 0.330 e. The Morgan fingerprint density at radius 2 is 1.80 bits per heavy atom. The number of hydrogen-bond donors (Lipinski definition) is 1. The molecule has 1 aliphatic rings. The van der Waals surface area contributed by atoms with Crippen LogP contribution in [0.2, 0.25) is 0 Å². The highest BCUT2D eigenvalue weighted by molar-refractivity contribution is 5.12. The molecule has 0 aromatic carbocycles. The average Bonchev–Trinajstić information content (AvgIpc) is 2.13. The minimum absolute atomic E-state index is 0.365. The van der Waals surface area contributed by atoms with Crippen molar-refractivity contribution < 1.29 is 8.78 Å². The quantitative estimate of drug-likeness (QED) is 0.634. The van der Waals surface area contributed by atoms with Gasteiger partial charge in [-0.2, -0.15) is 0 Å². The zero-order valence-electron chi connectivity index (χ0n) is 6.32. The molecule has 60 valence electrons. The van der Waals surface area contributed by atoms with Gasteiger partial charge in [-0.15, -0.1) is 0 Å². The lowest BCUT2D eigenvalue weighted by atomic mass is 10.1. The number of hydrogen-bond acceptors (Lipinski definition) is 1. The summed E-state index contributed by atoms with van der Waals surface area (Å²) in [7, 11) is 0. The lowest BCUT2D eigenvalue weighted by molar-refractivity contribution is 0.0660. The van der Waals surface area contributed by atoms with Crippen LogP contribution in [0.5, 0.6) is 0 Å². The first-order chi connectivity index (χ1) is 4.44. The summed E-state index contributed by atoms with van der Waals surface area (Å²) in [4.78, 5) is 0. The molecule has 0 amide bonds. The van der Waals surface area contributed by atoms with E-state index in [4.69, 9.17) is 5.73 Å². The molecule has 0 spiro atoms. The first kappa shape index (κ1) is 7.92. The van der Waals surface area contributed by atoms with Gasteiger partial charge in [-0.25, -0.2) is 8.78 Å². The maximum atomic E-state index is 12.7. The van der Waals surface area contributed by atoms with E-state index in [0.717, 1.165) is 0 Å². The summed E-state index contributed by atoms with van der Waals surface area (Å²) in [5.41, 5.74) is 4.38. The Labute approximate surface area is 59.6 Å². The van der Waals surface area contributed by atoms with Crippen molar-refractivity contribution in [2.75, 3.05) is 6.54 Å². The van der Waals surface area contributed by atoms with Gasteiger partial charge >= 0.3 is 0 Å². The third-order valence-electron chi connectivity index (χ3n) is 2.54. The Morgan fingerprint density at radius 3 is 1.90 bits per heavy atom. The third kappa shape index (κ3) is 0.764. The van der Waals surface area contributed by atoms with E-state index in [0.29, 0.717) is 13.0 Å². The van der Waals surface area contributed by atoms with E-state index >= 15 is 0 Å². The van der Waals surface area contributed by atoms with Gasteiger partial charge in [0, 0.05) is 11.3 Å². The van der Waals surface area contributed by atoms with Gasteiger partial charge in [0.15, 0.2) is 0 Å². The molecule has 1 fully saturated rings. The predicted octanol–water partition coefficient (Wildman–Crippen LogP) is 1.63. The number of nitrogens with two attached hydrogens (primary N) is 1. The third-order valence-corrected chi connectivity index (χ3v) is 2.54. The molecule has 2 N–H and O–H groups in total. The van der Waals surface area contributed by atoms with Crippen LogP contribution in [-0.2, 0) is 0 Å². The molecule has 0 aromatic rings. The van der Waals surface area contributed by atoms with E-state index in [1.165, 1.54) is 0 Å². The van der Waals surface area contributed by atoms with Gasteiger partial charge in [-0.1, -0.05) is 13.8 Å². The minimum Gasteiger partial charge on any atom is -0.330 e. The zero-order valence-corrected chi connectivity index (χ0v) is 6.32. The molecule has 1 unspecified atom stereocenters. The van der Waals surface area contributed by atoms with Crippen LogP contribution in [-0.4, -0.2) is 12.5 Å². The monoisotopic (exact) mass is 149 g/mol. The van der Waals surface area contributed by atoms with E-state index < -0.39 is 17.3 Å². The molecule has 1 aliphatic carbocycles. The van der Waals surface area contributed by atoms with Crippen LogP contribution in [0.4, 0.5) is 8.78 Å². The standard InChI is InChI=1S/C7H13F2N/c1-6(2)5(3-4-10)7(6,8)9/h5H,3-4,10H2,1-2H3. The van der Waals surface area contributed by atoms with Crippen molar-refractivity contribution in [1.29, 1.82) is 0 Å². The lowest BCUT2D eigenvalue weighted by Gasteiger charge is -1.96. The van der Waals surface area contributed by atoms with Crippen LogP contribution >= 0.6 is 0 Å².